The summed E-state index contributed by atoms with van der Waals surface area (Å²) < 4.78 is 37.3. The average molecular weight is 321 g/mol. The van der Waals surface area contributed by atoms with E-state index < -0.39 is 30.7 Å². The van der Waals surface area contributed by atoms with Gasteiger partial charge in [0.05, 0.1) is 0 Å². The summed E-state index contributed by atoms with van der Waals surface area (Å²) in [6.07, 6.45) is -3.23. The van der Waals surface area contributed by atoms with Crippen molar-refractivity contribution in [1.29, 1.82) is 0 Å². The summed E-state index contributed by atoms with van der Waals surface area (Å²) in [5.74, 6) is -0.514. The third-order valence-electron chi connectivity index (χ3n) is 2.40. The summed E-state index contributed by atoms with van der Waals surface area (Å²) in [5, 5.41) is 10.9. The first-order valence-electron chi connectivity index (χ1n) is 6.55. The minimum atomic E-state index is -4.37. The number of amides is 3. The van der Waals surface area contributed by atoms with Gasteiger partial charge in [-0.3, -0.25) is 14.8 Å². The van der Waals surface area contributed by atoms with Crippen LogP contribution < -0.4 is 16.0 Å². The molecule has 1 heterocycles. The fraction of sp³-hybridized carbons (Fsp3) is 0.583. The van der Waals surface area contributed by atoms with Crippen molar-refractivity contribution in [3.05, 3.63) is 12.3 Å². The first-order chi connectivity index (χ1) is 10.1. The van der Waals surface area contributed by atoms with Gasteiger partial charge in [-0.25, -0.2) is 4.79 Å². The van der Waals surface area contributed by atoms with Crippen molar-refractivity contribution in [3.63, 3.8) is 0 Å². The number of nitrogens with zero attached hydrogens (tertiary/aromatic N) is 2. The van der Waals surface area contributed by atoms with E-state index in [0.717, 1.165) is 6.20 Å². The van der Waals surface area contributed by atoms with Crippen molar-refractivity contribution < 1.29 is 22.8 Å². The Bertz CT molecular complexity index is 527. The third-order valence-corrected chi connectivity index (χ3v) is 2.40. The fourth-order valence-electron chi connectivity index (χ4n) is 1.52. The maximum Gasteiger partial charge on any atom is 0.408 e. The van der Waals surface area contributed by atoms with Crippen molar-refractivity contribution in [2.45, 2.75) is 45.6 Å². The van der Waals surface area contributed by atoms with E-state index in [9.17, 15) is 22.8 Å². The normalized spacial score (nSPS) is 12.9. The molecule has 0 fully saturated rings. The highest BCUT2D eigenvalue weighted by molar-refractivity contribution is 5.97. The second kappa shape index (κ2) is 7.14. The van der Waals surface area contributed by atoms with Crippen molar-refractivity contribution >= 4 is 17.8 Å². The van der Waals surface area contributed by atoms with Crippen LogP contribution in [0.3, 0.4) is 0 Å². The Balaban J connectivity index is 2.52. The van der Waals surface area contributed by atoms with Crippen LogP contribution in [0.2, 0.25) is 0 Å². The number of alkyl halides is 3. The van der Waals surface area contributed by atoms with Gasteiger partial charge in [0.25, 0.3) is 0 Å². The molecule has 0 aliphatic carbocycles. The maximum atomic E-state index is 12.2. The van der Waals surface area contributed by atoms with Crippen LogP contribution in [0, 0.1) is 0 Å². The van der Waals surface area contributed by atoms with Gasteiger partial charge in [-0.15, -0.1) is 0 Å². The van der Waals surface area contributed by atoms with Gasteiger partial charge in [0, 0.05) is 18.3 Å². The fourth-order valence-corrected chi connectivity index (χ4v) is 1.52. The first kappa shape index (κ1) is 17.8. The molecule has 124 valence electrons. The third kappa shape index (κ3) is 6.46. The predicted octanol–water partition coefficient (Wildman–Crippen LogP) is 1.48. The topological polar surface area (TPSA) is 88.0 Å². The largest absolute Gasteiger partial charge is 0.408 e. The van der Waals surface area contributed by atoms with Crippen LogP contribution in [0.1, 0.15) is 20.8 Å². The van der Waals surface area contributed by atoms with E-state index >= 15 is 0 Å². The smallest absolute Gasteiger partial charge is 0.357 e. The van der Waals surface area contributed by atoms with E-state index in [1.54, 1.807) is 13.8 Å². The average Bonchev–Trinajstić information content (AvgIpc) is 2.72. The number of rotatable bonds is 5. The van der Waals surface area contributed by atoms with Crippen molar-refractivity contribution in [1.82, 2.24) is 20.4 Å². The van der Waals surface area contributed by atoms with Crippen LogP contribution in [-0.2, 0) is 11.3 Å². The molecule has 0 saturated carbocycles. The summed E-state index contributed by atoms with van der Waals surface area (Å²) in [6.45, 7) is 3.71. The highest BCUT2D eigenvalue weighted by Crippen LogP contribution is 2.17. The van der Waals surface area contributed by atoms with Crippen molar-refractivity contribution in [3.8, 4) is 0 Å². The number of nitrogens with one attached hydrogen (secondary N) is 3. The Hall–Kier alpha value is -2.26. The lowest BCUT2D eigenvalue weighted by Crippen LogP contribution is -2.47. The molecule has 1 aromatic rings. The Kier molecular flexibility index (Phi) is 5.77. The van der Waals surface area contributed by atoms with Gasteiger partial charge in [0.1, 0.15) is 18.4 Å². The van der Waals surface area contributed by atoms with Gasteiger partial charge in [0.15, 0.2) is 0 Å². The Morgan fingerprint density at radius 2 is 1.95 bits per heavy atom. The maximum absolute atomic E-state index is 12.2. The second-order valence-corrected chi connectivity index (χ2v) is 5.00. The molecule has 1 aromatic heterocycles. The summed E-state index contributed by atoms with van der Waals surface area (Å²) >= 11 is 0. The predicted molar refractivity (Wildman–Crippen MR) is 73.2 cm³/mol. The summed E-state index contributed by atoms with van der Waals surface area (Å²) in [4.78, 5) is 23.1. The number of halogens is 3. The lowest BCUT2D eigenvalue weighted by atomic mass is 10.3. The van der Waals surface area contributed by atoms with Crippen LogP contribution >= 0.6 is 0 Å². The number of hydrogen-bond acceptors (Lipinski definition) is 4. The number of aromatic nitrogens is 2. The molecule has 0 radical (unpaired) electrons. The first-order valence-corrected chi connectivity index (χ1v) is 6.55. The van der Waals surface area contributed by atoms with E-state index in [-0.39, 0.29) is 11.9 Å². The number of carbonyl (C=O) groups excluding carboxylic acids is 2. The van der Waals surface area contributed by atoms with Crippen LogP contribution in [0.15, 0.2) is 12.3 Å². The van der Waals surface area contributed by atoms with Crippen molar-refractivity contribution in [2.24, 2.45) is 0 Å². The molecule has 0 saturated heterocycles. The zero-order valence-electron chi connectivity index (χ0n) is 12.4. The van der Waals surface area contributed by atoms with Crippen LogP contribution in [0.25, 0.3) is 0 Å². The molecular formula is C12H18F3N5O2. The molecule has 1 atom stereocenters. The van der Waals surface area contributed by atoms with Crippen LogP contribution in [0.5, 0.6) is 0 Å². The van der Waals surface area contributed by atoms with Gasteiger partial charge in [-0.05, 0) is 20.8 Å². The van der Waals surface area contributed by atoms with Crippen LogP contribution in [-0.4, -0.2) is 40.0 Å². The molecule has 0 aliphatic heterocycles. The minimum absolute atomic E-state index is 0.108. The molecule has 22 heavy (non-hydrogen) atoms. The van der Waals surface area contributed by atoms with Gasteiger partial charge in [-0.2, -0.15) is 18.3 Å². The number of carbonyl (C=O) groups is 2. The van der Waals surface area contributed by atoms with Gasteiger partial charge >= 0.3 is 12.2 Å². The van der Waals surface area contributed by atoms with Gasteiger partial charge < -0.3 is 10.6 Å². The molecule has 0 bridgehead atoms. The SMILES string of the molecule is CC(C)NC(=O)NC(=O)[C@H](C)Nc1ccn(CC(F)(F)F)n1. The number of hydrogen-bond donors (Lipinski definition) is 3. The summed E-state index contributed by atoms with van der Waals surface area (Å²) in [7, 11) is 0. The molecule has 7 nitrogen and oxygen atoms in total. The highest BCUT2D eigenvalue weighted by atomic mass is 19.4. The molecule has 0 aliphatic rings. The van der Waals surface area contributed by atoms with Gasteiger partial charge in [-0.1, -0.05) is 0 Å². The van der Waals surface area contributed by atoms with E-state index in [0.29, 0.717) is 4.68 Å². The zero-order chi connectivity index (χ0) is 16.9. The number of urea groups is 1. The molecule has 3 amide bonds. The summed E-state index contributed by atoms with van der Waals surface area (Å²) in [5.41, 5.74) is 0. The van der Waals surface area contributed by atoms with Crippen LogP contribution in [0.4, 0.5) is 23.8 Å². The summed E-state index contributed by atoms with van der Waals surface area (Å²) in [6, 6.07) is -0.304. The monoisotopic (exact) mass is 321 g/mol. The molecule has 0 spiro atoms. The van der Waals surface area contributed by atoms with Crippen molar-refractivity contribution in [2.75, 3.05) is 5.32 Å². The number of anilines is 1. The lowest BCUT2D eigenvalue weighted by Gasteiger charge is -2.14. The van der Waals surface area contributed by atoms with Gasteiger partial charge in [0.2, 0.25) is 5.91 Å². The molecule has 0 aromatic carbocycles. The second-order valence-electron chi connectivity index (χ2n) is 5.00. The molecule has 3 N–H and O–H groups in total. The Morgan fingerprint density at radius 1 is 1.32 bits per heavy atom. The highest BCUT2D eigenvalue weighted by Gasteiger charge is 2.28. The number of imide groups is 1. The van der Waals surface area contributed by atoms with E-state index in [4.69, 9.17) is 0 Å². The molecular weight excluding hydrogens is 303 g/mol. The Morgan fingerprint density at radius 3 is 2.50 bits per heavy atom. The van der Waals surface area contributed by atoms with E-state index in [2.05, 4.69) is 21.0 Å². The van der Waals surface area contributed by atoms with E-state index in [1.807, 2.05) is 0 Å². The zero-order valence-corrected chi connectivity index (χ0v) is 12.4. The molecule has 1 rings (SSSR count). The van der Waals surface area contributed by atoms with E-state index in [1.165, 1.54) is 13.0 Å². The standard InChI is InChI=1S/C12H18F3N5O2/c1-7(2)16-11(22)18-10(21)8(3)17-9-4-5-20(19-9)6-12(13,14)15/h4-5,7-8H,6H2,1-3H3,(H,17,19)(H2,16,18,21,22)/t8-/m0/s1. The Labute approximate surface area is 125 Å². The molecule has 0 unspecified atom stereocenters. The minimum Gasteiger partial charge on any atom is -0.357 e. The lowest BCUT2D eigenvalue weighted by molar-refractivity contribution is -0.142. The quantitative estimate of drug-likeness (QED) is 0.766. The molecule has 10 heteroatoms.